The van der Waals surface area contributed by atoms with Crippen LogP contribution in [0, 0.1) is 5.92 Å². The smallest absolute Gasteiger partial charge is 0.287 e. The van der Waals surface area contributed by atoms with Gasteiger partial charge in [0.05, 0.1) is 13.4 Å². The van der Waals surface area contributed by atoms with Gasteiger partial charge in [0, 0.05) is 13.1 Å². The molecular formula is C20H24N2O4. The molecule has 3 rings (SSSR count). The van der Waals surface area contributed by atoms with Gasteiger partial charge in [0.15, 0.2) is 5.76 Å². The SMILES string of the molecule is COc1ccc2c(c1)CN(C(=O)[C@@H](NC(=O)c1ccco1)C(C)C)CC2. The van der Waals surface area contributed by atoms with E-state index in [2.05, 4.69) is 11.4 Å². The fourth-order valence-electron chi connectivity index (χ4n) is 3.18. The summed E-state index contributed by atoms with van der Waals surface area (Å²) in [5, 5.41) is 2.81. The monoisotopic (exact) mass is 356 g/mol. The molecule has 1 aromatic heterocycles. The quantitative estimate of drug-likeness (QED) is 0.894. The molecule has 1 aliphatic heterocycles. The number of carbonyl (C=O) groups excluding carboxylic acids is 2. The van der Waals surface area contributed by atoms with Crippen LogP contribution in [0.4, 0.5) is 0 Å². The third kappa shape index (κ3) is 3.74. The van der Waals surface area contributed by atoms with Gasteiger partial charge in [-0.15, -0.1) is 0 Å². The van der Waals surface area contributed by atoms with E-state index in [4.69, 9.17) is 9.15 Å². The number of nitrogens with zero attached hydrogens (tertiary/aromatic N) is 1. The largest absolute Gasteiger partial charge is 0.497 e. The van der Waals surface area contributed by atoms with Gasteiger partial charge in [0.1, 0.15) is 11.8 Å². The van der Waals surface area contributed by atoms with E-state index in [1.54, 1.807) is 24.1 Å². The van der Waals surface area contributed by atoms with E-state index in [1.807, 2.05) is 26.0 Å². The Labute approximate surface area is 153 Å². The first-order valence-corrected chi connectivity index (χ1v) is 8.78. The van der Waals surface area contributed by atoms with Gasteiger partial charge >= 0.3 is 0 Å². The third-order valence-electron chi connectivity index (χ3n) is 4.70. The molecule has 2 amide bonds. The second-order valence-electron chi connectivity index (χ2n) is 6.82. The number of amides is 2. The van der Waals surface area contributed by atoms with Crippen LogP contribution in [-0.4, -0.2) is 36.4 Å². The number of nitrogens with one attached hydrogen (secondary N) is 1. The van der Waals surface area contributed by atoms with Crippen molar-refractivity contribution >= 4 is 11.8 Å². The lowest BCUT2D eigenvalue weighted by atomic mass is 9.97. The van der Waals surface area contributed by atoms with Crippen LogP contribution in [0.25, 0.3) is 0 Å². The number of hydrogen-bond donors (Lipinski definition) is 1. The van der Waals surface area contributed by atoms with Crippen LogP contribution in [0.5, 0.6) is 5.75 Å². The number of ether oxygens (including phenoxy) is 1. The Morgan fingerprint density at radius 3 is 2.69 bits per heavy atom. The fourth-order valence-corrected chi connectivity index (χ4v) is 3.18. The van der Waals surface area contributed by atoms with Crippen molar-refractivity contribution < 1.29 is 18.7 Å². The van der Waals surface area contributed by atoms with Gasteiger partial charge in [-0.05, 0) is 47.7 Å². The number of hydrogen-bond acceptors (Lipinski definition) is 4. The molecular weight excluding hydrogens is 332 g/mol. The maximum absolute atomic E-state index is 13.1. The topological polar surface area (TPSA) is 71.8 Å². The molecule has 1 aliphatic rings. The van der Waals surface area contributed by atoms with E-state index in [0.29, 0.717) is 13.1 Å². The van der Waals surface area contributed by atoms with Crippen LogP contribution in [0.2, 0.25) is 0 Å². The molecule has 0 saturated carbocycles. The van der Waals surface area contributed by atoms with Crippen molar-refractivity contribution in [1.29, 1.82) is 0 Å². The van der Waals surface area contributed by atoms with Gasteiger partial charge in [-0.2, -0.15) is 0 Å². The summed E-state index contributed by atoms with van der Waals surface area (Å²) in [6.45, 7) is 5.00. The lowest BCUT2D eigenvalue weighted by Crippen LogP contribution is -2.52. The summed E-state index contributed by atoms with van der Waals surface area (Å²) in [4.78, 5) is 27.2. The maximum Gasteiger partial charge on any atom is 0.287 e. The molecule has 2 aromatic rings. The Hall–Kier alpha value is -2.76. The molecule has 138 valence electrons. The van der Waals surface area contributed by atoms with E-state index in [-0.39, 0.29) is 23.5 Å². The van der Waals surface area contributed by atoms with Crippen LogP contribution in [0.15, 0.2) is 41.0 Å². The fraction of sp³-hybridized carbons (Fsp3) is 0.400. The summed E-state index contributed by atoms with van der Waals surface area (Å²) in [6, 6.07) is 8.60. The first-order chi connectivity index (χ1) is 12.5. The molecule has 0 radical (unpaired) electrons. The van der Waals surface area contributed by atoms with Crippen molar-refractivity contribution in [2.45, 2.75) is 32.9 Å². The van der Waals surface area contributed by atoms with Crippen LogP contribution in [0.3, 0.4) is 0 Å². The molecule has 1 N–H and O–H groups in total. The summed E-state index contributed by atoms with van der Waals surface area (Å²) in [6.07, 6.45) is 2.23. The third-order valence-corrected chi connectivity index (χ3v) is 4.70. The molecule has 2 heterocycles. The molecule has 0 aliphatic carbocycles. The molecule has 0 saturated heterocycles. The van der Waals surface area contributed by atoms with E-state index < -0.39 is 6.04 Å². The number of furan rings is 1. The van der Waals surface area contributed by atoms with E-state index in [9.17, 15) is 9.59 Å². The highest BCUT2D eigenvalue weighted by Crippen LogP contribution is 2.24. The zero-order valence-corrected chi connectivity index (χ0v) is 15.3. The zero-order valence-electron chi connectivity index (χ0n) is 15.3. The average Bonchev–Trinajstić information content (AvgIpc) is 3.19. The molecule has 0 unspecified atom stereocenters. The van der Waals surface area contributed by atoms with Gasteiger partial charge < -0.3 is 19.4 Å². The molecule has 26 heavy (non-hydrogen) atoms. The first-order valence-electron chi connectivity index (χ1n) is 8.78. The number of carbonyl (C=O) groups is 2. The minimum Gasteiger partial charge on any atom is -0.497 e. The minimum atomic E-state index is -0.597. The molecule has 1 atom stereocenters. The zero-order chi connectivity index (χ0) is 18.7. The molecule has 1 aromatic carbocycles. The van der Waals surface area contributed by atoms with Gasteiger partial charge in [0.25, 0.3) is 5.91 Å². The average molecular weight is 356 g/mol. The van der Waals surface area contributed by atoms with Crippen molar-refractivity contribution in [3.05, 3.63) is 53.5 Å². The van der Waals surface area contributed by atoms with E-state index in [1.165, 1.54) is 11.8 Å². The van der Waals surface area contributed by atoms with E-state index in [0.717, 1.165) is 17.7 Å². The molecule has 0 bridgehead atoms. The normalized spacial score (nSPS) is 14.7. The van der Waals surface area contributed by atoms with Crippen molar-refractivity contribution in [3.63, 3.8) is 0 Å². The first kappa shape index (κ1) is 18.0. The second kappa shape index (κ2) is 7.64. The summed E-state index contributed by atoms with van der Waals surface area (Å²) in [7, 11) is 1.63. The Balaban J connectivity index is 1.74. The molecule has 6 nitrogen and oxygen atoms in total. The maximum atomic E-state index is 13.1. The number of rotatable bonds is 5. The standard InChI is InChI=1S/C20H24N2O4/c1-13(2)18(21-19(23)17-5-4-10-26-17)20(24)22-9-8-14-6-7-16(25-3)11-15(14)12-22/h4-7,10-11,13,18H,8-9,12H2,1-3H3,(H,21,23)/t18-/m0/s1. The minimum absolute atomic E-state index is 0.0341. The van der Waals surface area contributed by atoms with Gasteiger partial charge in [-0.1, -0.05) is 19.9 Å². The van der Waals surface area contributed by atoms with Crippen molar-refractivity contribution in [1.82, 2.24) is 10.2 Å². The predicted molar refractivity (Wildman–Crippen MR) is 96.9 cm³/mol. The van der Waals surface area contributed by atoms with Crippen molar-refractivity contribution in [2.24, 2.45) is 5.92 Å². The highest BCUT2D eigenvalue weighted by Gasteiger charge is 2.31. The Morgan fingerprint density at radius 2 is 2.04 bits per heavy atom. The van der Waals surface area contributed by atoms with Gasteiger partial charge in [-0.25, -0.2) is 0 Å². The Bertz CT molecular complexity index is 783. The van der Waals surface area contributed by atoms with Gasteiger partial charge in [0.2, 0.25) is 5.91 Å². The van der Waals surface area contributed by atoms with Crippen molar-refractivity contribution in [2.75, 3.05) is 13.7 Å². The second-order valence-corrected chi connectivity index (χ2v) is 6.82. The lowest BCUT2D eigenvalue weighted by molar-refractivity contribution is -0.135. The highest BCUT2D eigenvalue weighted by atomic mass is 16.5. The predicted octanol–water partition coefficient (Wildman–Crippen LogP) is 2.63. The molecule has 0 fully saturated rings. The summed E-state index contributed by atoms with van der Waals surface area (Å²) in [5.74, 6) is 0.504. The van der Waals surface area contributed by atoms with Crippen LogP contribution < -0.4 is 10.1 Å². The number of benzene rings is 1. The summed E-state index contributed by atoms with van der Waals surface area (Å²) < 4.78 is 10.4. The van der Waals surface area contributed by atoms with Gasteiger partial charge in [-0.3, -0.25) is 9.59 Å². The lowest BCUT2D eigenvalue weighted by Gasteiger charge is -2.33. The molecule has 6 heteroatoms. The van der Waals surface area contributed by atoms with Crippen LogP contribution in [-0.2, 0) is 17.8 Å². The Morgan fingerprint density at radius 1 is 1.23 bits per heavy atom. The summed E-state index contributed by atoms with van der Waals surface area (Å²) in [5.41, 5.74) is 2.32. The number of methoxy groups -OCH3 is 1. The van der Waals surface area contributed by atoms with E-state index >= 15 is 0 Å². The Kier molecular flexibility index (Phi) is 5.30. The van der Waals surface area contributed by atoms with Crippen molar-refractivity contribution in [3.8, 4) is 5.75 Å². The number of fused-ring (bicyclic) bond motifs is 1. The highest BCUT2D eigenvalue weighted by molar-refractivity contribution is 5.95. The summed E-state index contributed by atoms with van der Waals surface area (Å²) >= 11 is 0. The van der Waals surface area contributed by atoms with Crippen LogP contribution >= 0.6 is 0 Å². The van der Waals surface area contributed by atoms with Crippen LogP contribution in [0.1, 0.15) is 35.5 Å². The molecule has 0 spiro atoms.